The molecule has 0 bridgehead atoms. The number of nitrogens with zero attached hydrogens (tertiary/aromatic N) is 4. The van der Waals surface area contributed by atoms with Gasteiger partial charge in [-0.25, -0.2) is 14.2 Å². The van der Waals surface area contributed by atoms with Crippen LogP contribution in [0.2, 0.25) is 5.02 Å². The van der Waals surface area contributed by atoms with E-state index in [9.17, 15) is 27.2 Å². The van der Waals surface area contributed by atoms with Gasteiger partial charge in [0.05, 0.1) is 6.04 Å². The second-order valence-corrected chi connectivity index (χ2v) is 8.85. The molecule has 0 unspecified atom stereocenters. The Balaban J connectivity index is 1.76. The first-order valence-corrected chi connectivity index (χ1v) is 11.1. The minimum Gasteiger partial charge on any atom is -0.367 e. The molecule has 1 amide bonds. The summed E-state index contributed by atoms with van der Waals surface area (Å²) in [4.78, 5) is 39.4. The van der Waals surface area contributed by atoms with E-state index < -0.39 is 29.9 Å². The van der Waals surface area contributed by atoms with Crippen LogP contribution in [0.15, 0.2) is 24.4 Å². The zero-order valence-corrected chi connectivity index (χ0v) is 20.0. The Hall–Kier alpha value is -3.15. The third kappa shape index (κ3) is 6.71. The smallest absolute Gasteiger partial charge is 0.367 e. The molecule has 8 nitrogen and oxygen atoms in total. The van der Waals surface area contributed by atoms with E-state index in [1.807, 2.05) is 6.92 Å². The molecule has 0 spiro atoms. The highest BCUT2D eigenvalue weighted by Crippen LogP contribution is 2.30. The van der Waals surface area contributed by atoms with E-state index in [4.69, 9.17) is 11.6 Å². The van der Waals surface area contributed by atoms with E-state index in [-0.39, 0.29) is 29.5 Å². The van der Waals surface area contributed by atoms with Gasteiger partial charge < -0.3 is 15.1 Å². The maximum Gasteiger partial charge on any atom is 0.493 e. The number of hydroxylamine groups is 2. The van der Waals surface area contributed by atoms with Gasteiger partial charge in [0.25, 0.3) is 5.91 Å². The molecular weight excluding hydrogens is 494 g/mol. The van der Waals surface area contributed by atoms with Crippen LogP contribution in [-0.4, -0.2) is 59.3 Å². The molecule has 13 heteroatoms. The number of anilines is 2. The lowest BCUT2D eigenvalue weighted by atomic mass is 9.90. The summed E-state index contributed by atoms with van der Waals surface area (Å²) in [6.07, 6.45) is -2.29. The Labute approximate surface area is 204 Å². The molecule has 1 saturated carbocycles. The van der Waals surface area contributed by atoms with E-state index in [1.54, 1.807) is 25.2 Å². The van der Waals surface area contributed by atoms with Crippen molar-refractivity contribution in [2.45, 2.75) is 50.9 Å². The van der Waals surface area contributed by atoms with Gasteiger partial charge in [-0.3, -0.25) is 4.79 Å². The summed E-state index contributed by atoms with van der Waals surface area (Å²) in [6.45, 7) is 1.84. The van der Waals surface area contributed by atoms with Crippen LogP contribution in [0.25, 0.3) is 0 Å². The fourth-order valence-electron chi connectivity index (χ4n) is 3.67. The Bertz CT molecular complexity index is 1070. The Morgan fingerprint density at radius 1 is 1.14 bits per heavy atom. The summed E-state index contributed by atoms with van der Waals surface area (Å²) in [6, 6.07) is 1.91. The Kier molecular flexibility index (Phi) is 8.04. The number of amides is 1. The van der Waals surface area contributed by atoms with Crippen LogP contribution in [-0.2, 0) is 9.63 Å². The van der Waals surface area contributed by atoms with Crippen LogP contribution >= 0.6 is 11.6 Å². The molecule has 3 rings (SSSR count). The summed E-state index contributed by atoms with van der Waals surface area (Å²) < 4.78 is 52.4. The highest BCUT2D eigenvalue weighted by molar-refractivity contribution is 6.31. The number of alkyl halides is 3. The van der Waals surface area contributed by atoms with Gasteiger partial charge in [0.15, 0.2) is 0 Å². The third-order valence-corrected chi connectivity index (χ3v) is 5.67. The maximum atomic E-state index is 13.8. The van der Waals surface area contributed by atoms with E-state index in [2.05, 4.69) is 20.1 Å². The average Bonchev–Trinajstić information content (AvgIpc) is 2.77. The zero-order valence-electron chi connectivity index (χ0n) is 19.2. The Morgan fingerprint density at radius 2 is 1.80 bits per heavy atom. The predicted molar refractivity (Wildman–Crippen MR) is 120 cm³/mol. The van der Waals surface area contributed by atoms with Crippen molar-refractivity contribution in [2.24, 2.45) is 0 Å². The van der Waals surface area contributed by atoms with Crippen molar-refractivity contribution in [1.29, 1.82) is 0 Å². The summed E-state index contributed by atoms with van der Waals surface area (Å²) in [7, 11) is 3.61. The van der Waals surface area contributed by atoms with Crippen molar-refractivity contribution in [3.05, 3.63) is 46.4 Å². The molecule has 35 heavy (non-hydrogen) atoms. The standard InChI is InChI=1S/C22H24ClF4N5O3/c1-12-11-28-21(31(2)3)30-18(12)29-16-4-6-17(7-5-16)32(35-20(34)22(25,26)27)19(33)13-8-14(23)10-15(24)9-13/h8-11,16-17H,4-7H2,1-3H3,(H,28,29,30). The normalized spacial score (nSPS) is 18.1. The summed E-state index contributed by atoms with van der Waals surface area (Å²) in [5.41, 5.74) is 0.481. The topological polar surface area (TPSA) is 87.7 Å². The third-order valence-electron chi connectivity index (χ3n) is 5.45. The van der Waals surface area contributed by atoms with Gasteiger partial charge in [-0.2, -0.15) is 23.2 Å². The molecule has 1 aliphatic rings. The summed E-state index contributed by atoms with van der Waals surface area (Å²) in [5.74, 6) is -3.35. The minimum atomic E-state index is -5.31. The number of aryl methyl sites for hydroxylation is 1. The van der Waals surface area contributed by atoms with Gasteiger partial charge in [0.2, 0.25) is 5.95 Å². The van der Waals surface area contributed by atoms with Crippen molar-refractivity contribution < 1.29 is 32.0 Å². The minimum absolute atomic E-state index is 0.0891. The van der Waals surface area contributed by atoms with Crippen molar-refractivity contribution in [1.82, 2.24) is 15.0 Å². The molecular formula is C22H24ClF4N5O3. The van der Waals surface area contributed by atoms with E-state index >= 15 is 0 Å². The molecule has 190 valence electrons. The molecule has 1 aromatic carbocycles. The number of halogens is 5. The Morgan fingerprint density at radius 3 is 2.37 bits per heavy atom. The molecule has 0 atom stereocenters. The van der Waals surface area contributed by atoms with Crippen LogP contribution in [0.1, 0.15) is 41.6 Å². The fourth-order valence-corrected chi connectivity index (χ4v) is 3.89. The van der Waals surface area contributed by atoms with Crippen LogP contribution < -0.4 is 10.2 Å². The van der Waals surface area contributed by atoms with E-state index in [1.165, 1.54) is 0 Å². The first-order chi connectivity index (χ1) is 16.3. The highest BCUT2D eigenvalue weighted by atomic mass is 35.5. The number of carbonyl (C=O) groups excluding carboxylic acids is 2. The first-order valence-electron chi connectivity index (χ1n) is 10.7. The zero-order chi connectivity index (χ0) is 25.9. The quantitative estimate of drug-likeness (QED) is 0.460. The largest absolute Gasteiger partial charge is 0.493 e. The van der Waals surface area contributed by atoms with Crippen molar-refractivity contribution >= 4 is 35.2 Å². The lowest BCUT2D eigenvalue weighted by molar-refractivity contribution is -0.235. The van der Waals surface area contributed by atoms with Crippen LogP contribution in [0.4, 0.5) is 29.3 Å². The van der Waals surface area contributed by atoms with Gasteiger partial charge in [-0.05, 0) is 50.8 Å². The second-order valence-electron chi connectivity index (χ2n) is 8.41. The summed E-state index contributed by atoms with van der Waals surface area (Å²) in [5, 5.41) is 3.57. The van der Waals surface area contributed by atoms with Crippen molar-refractivity contribution in [3.63, 3.8) is 0 Å². The molecule has 1 N–H and O–H groups in total. The molecule has 0 radical (unpaired) electrons. The number of hydrogen-bond acceptors (Lipinski definition) is 7. The van der Waals surface area contributed by atoms with Gasteiger partial charge >= 0.3 is 12.1 Å². The van der Waals surface area contributed by atoms with E-state index in [0.717, 1.165) is 23.8 Å². The number of benzene rings is 1. The molecule has 0 aliphatic heterocycles. The average molecular weight is 518 g/mol. The fraction of sp³-hybridized carbons (Fsp3) is 0.455. The van der Waals surface area contributed by atoms with Gasteiger partial charge in [0, 0.05) is 42.5 Å². The number of aromatic nitrogens is 2. The van der Waals surface area contributed by atoms with E-state index in [0.29, 0.717) is 29.7 Å². The first kappa shape index (κ1) is 26.5. The molecule has 1 fully saturated rings. The van der Waals surface area contributed by atoms with Crippen LogP contribution in [0.3, 0.4) is 0 Å². The van der Waals surface area contributed by atoms with Gasteiger partial charge in [0.1, 0.15) is 11.6 Å². The molecule has 1 aromatic heterocycles. The van der Waals surface area contributed by atoms with Crippen molar-refractivity contribution in [2.75, 3.05) is 24.3 Å². The lowest BCUT2D eigenvalue weighted by Gasteiger charge is -2.35. The van der Waals surface area contributed by atoms with Crippen molar-refractivity contribution in [3.8, 4) is 0 Å². The summed E-state index contributed by atoms with van der Waals surface area (Å²) >= 11 is 5.78. The maximum absolute atomic E-state index is 13.8. The number of carbonyl (C=O) groups is 2. The molecule has 0 saturated heterocycles. The molecule has 1 aliphatic carbocycles. The highest BCUT2D eigenvalue weighted by Gasteiger charge is 2.45. The molecule has 2 aromatic rings. The molecule has 1 heterocycles. The second kappa shape index (κ2) is 10.6. The van der Waals surface area contributed by atoms with Crippen LogP contribution in [0.5, 0.6) is 0 Å². The predicted octanol–water partition coefficient (Wildman–Crippen LogP) is 4.53. The lowest BCUT2D eigenvalue weighted by Crippen LogP contribution is -2.47. The number of hydrogen-bond donors (Lipinski definition) is 1. The van der Waals surface area contributed by atoms with Gasteiger partial charge in [-0.1, -0.05) is 11.6 Å². The monoisotopic (exact) mass is 517 g/mol. The van der Waals surface area contributed by atoms with Crippen LogP contribution in [0, 0.1) is 12.7 Å². The number of rotatable bonds is 5. The van der Waals surface area contributed by atoms with Gasteiger partial charge in [-0.15, -0.1) is 0 Å². The number of nitrogens with one attached hydrogen (secondary N) is 1. The SMILES string of the molecule is Cc1cnc(N(C)C)nc1NC1CCC(N(OC(=O)C(F)(F)F)C(=O)c2cc(F)cc(Cl)c2)CC1.